The molecule has 0 saturated heterocycles. The third-order valence-corrected chi connectivity index (χ3v) is 4.68. The van der Waals surface area contributed by atoms with Gasteiger partial charge >= 0.3 is 0 Å². The van der Waals surface area contributed by atoms with Gasteiger partial charge < -0.3 is 10.6 Å². The Balaban J connectivity index is 1.72. The van der Waals surface area contributed by atoms with Crippen LogP contribution in [0.5, 0.6) is 0 Å². The van der Waals surface area contributed by atoms with E-state index in [1.54, 1.807) is 11.8 Å². The number of hydrogen-bond acceptors (Lipinski definition) is 3. The summed E-state index contributed by atoms with van der Waals surface area (Å²) in [5.41, 5.74) is 2.22. The van der Waals surface area contributed by atoms with Crippen LogP contribution >= 0.6 is 11.8 Å². The zero-order valence-electron chi connectivity index (χ0n) is 14.4. The highest BCUT2D eigenvalue weighted by Gasteiger charge is 2.16. The molecule has 25 heavy (non-hydrogen) atoms. The van der Waals surface area contributed by atoms with Crippen LogP contribution in [0.3, 0.4) is 0 Å². The molecular formula is C20H24N2O2S. The van der Waals surface area contributed by atoms with E-state index in [2.05, 4.69) is 22.8 Å². The molecule has 2 N–H and O–H groups in total. The second-order valence-electron chi connectivity index (χ2n) is 5.76. The standard InChI is InChI=1S/C20H24N2O2S/c1-16(23)22-19(18-10-6-3-7-11-18)14-20(24)21-12-13-25-15-17-8-4-2-5-9-17/h2-11,19H,12-15H2,1H3,(H,21,24)(H,22,23)/t19-/m0/s1. The molecule has 2 amide bonds. The van der Waals surface area contributed by atoms with E-state index in [4.69, 9.17) is 0 Å². The molecule has 1 atom stereocenters. The lowest BCUT2D eigenvalue weighted by molar-refractivity contribution is -0.122. The fraction of sp³-hybridized carbons (Fsp3) is 0.300. The number of carbonyl (C=O) groups is 2. The second kappa shape index (κ2) is 10.6. The summed E-state index contributed by atoms with van der Waals surface area (Å²) in [6.45, 7) is 2.09. The molecule has 2 aromatic carbocycles. The van der Waals surface area contributed by atoms with Gasteiger partial charge in [0.2, 0.25) is 11.8 Å². The highest BCUT2D eigenvalue weighted by atomic mass is 32.2. The van der Waals surface area contributed by atoms with Crippen LogP contribution in [0.15, 0.2) is 60.7 Å². The van der Waals surface area contributed by atoms with Crippen LogP contribution in [0.1, 0.15) is 30.5 Å². The van der Waals surface area contributed by atoms with Gasteiger partial charge in [-0.15, -0.1) is 0 Å². The van der Waals surface area contributed by atoms with Gasteiger partial charge in [0.15, 0.2) is 0 Å². The van der Waals surface area contributed by atoms with Crippen LogP contribution in [-0.2, 0) is 15.3 Å². The Bertz CT molecular complexity index is 662. The smallest absolute Gasteiger partial charge is 0.222 e. The SMILES string of the molecule is CC(=O)N[C@@H](CC(=O)NCCSCc1ccccc1)c1ccccc1. The van der Waals surface area contributed by atoms with Crippen LogP contribution in [0.4, 0.5) is 0 Å². The fourth-order valence-corrected chi connectivity index (χ4v) is 3.29. The normalized spacial score (nSPS) is 11.6. The second-order valence-corrected chi connectivity index (χ2v) is 6.86. The molecular weight excluding hydrogens is 332 g/mol. The van der Waals surface area contributed by atoms with Crippen molar-refractivity contribution in [3.8, 4) is 0 Å². The van der Waals surface area contributed by atoms with Gasteiger partial charge in [0.1, 0.15) is 0 Å². The lowest BCUT2D eigenvalue weighted by Crippen LogP contribution is -2.33. The number of hydrogen-bond donors (Lipinski definition) is 2. The van der Waals surface area contributed by atoms with Gasteiger partial charge in [-0.25, -0.2) is 0 Å². The lowest BCUT2D eigenvalue weighted by atomic mass is 10.0. The first-order valence-corrected chi connectivity index (χ1v) is 9.51. The summed E-state index contributed by atoms with van der Waals surface area (Å²) in [6, 6.07) is 19.5. The van der Waals surface area contributed by atoms with Crippen molar-refractivity contribution in [1.82, 2.24) is 10.6 Å². The Hall–Kier alpha value is -2.27. The van der Waals surface area contributed by atoms with Crippen molar-refractivity contribution in [1.29, 1.82) is 0 Å². The zero-order chi connectivity index (χ0) is 17.9. The Morgan fingerprint density at radius 2 is 1.64 bits per heavy atom. The molecule has 2 rings (SSSR count). The van der Waals surface area contributed by atoms with Crippen molar-refractivity contribution < 1.29 is 9.59 Å². The van der Waals surface area contributed by atoms with E-state index in [-0.39, 0.29) is 24.3 Å². The molecule has 0 aliphatic heterocycles. The third kappa shape index (κ3) is 7.44. The molecule has 0 aliphatic carbocycles. The zero-order valence-corrected chi connectivity index (χ0v) is 15.2. The number of carbonyl (C=O) groups excluding carboxylic acids is 2. The highest BCUT2D eigenvalue weighted by Crippen LogP contribution is 2.16. The summed E-state index contributed by atoms with van der Waals surface area (Å²) in [7, 11) is 0. The largest absolute Gasteiger partial charge is 0.355 e. The van der Waals surface area contributed by atoms with Crippen molar-refractivity contribution in [2.75, 3.05) is 12.3 Å². The molecule has 0 aliphatic rings. The Kier molecular flexibility index (Phi) is 8.05. The summed E-state index contributed by atoms with van der Waals surface area (Å²) >= 11 is 1.79. The Morgan fingerprint density at radius 1 is 1.00 bits per heavy atom. The van der Waals surface area contributed by atoms with E-state index in [1.165, 1.54) is 12.5 Å². The first-order chi connectivity index (χ1) is 12.1. The summed E-state index contributed by atoms with van der Waals surface area (Å²) in [6.07, 6.45) is 0.243. The summed E-state index contributed by atoms with van der Waals surface area (Å²) in [5, 5.41) is 5.78. The predicted octanol–water partition coefficient (Wildman–Crippen LogP) is 3.30. The topological polar surface area (TPSA) is 58.2 Å². The maximum atomic E-state index is 12.2. The molecule has 2 aromatic rings. The van der Waals surface area contributed by atoms with E-state index in [9.17, 15) is 9.59 Å². The minimum atomic E-state index is -0.296. The molecule has 0 unspecified atom stereocenters. The van der Waals surface area contributed by atoms with Crippen LogP contribution in [-0.4, -0.2) is 24.1 Å². The minimum absolute atomic E-state index is 0.0529. The third-order valence-electron chi connectivity index (χ3n) is 3.65. The number of benzene rings is 2. The molecule has 0 saturated carbocycles. The first-order valence-electron chi connectivity index (χ1n) is 8.35. The Morgan fingerprint density at radius 3 is 2.28 bits per heavy atom. The quantitative estimate of drug-likeness (QED) is 0.678. The predicted molar refractivity (Wildman–Crippen MR) is 103 cm³/mol. The maximum absolute atomic E-state index is 12.2. The van der Waals surface area contributed by atoms with Gasteiger partial charge in [0.25, 0.3) is 0 Å². The average molecular weight is 356 g/mol. The van der Waals surface area contributed by atoms with Gasteiger partial charge in [-0.05, 0) is 11.1 Å². The van der Waals surface area contributed by atoms with E-state index in [0.717, 1.165) is 17.1 Å². The summed E-state index contributed by atoms with van der Waals surface area (Å²) < 4.78 is 0. The van der Waals surface area contributed by atoms with Crippen LogP contribution in [0.2, 0.25) is 0 Å². The lowest BCUT2D eigenvalue weighted by Gasteiger charge is -2.18. The van der Waals surface area contributed by atoms with Crippen LogP contribution < -0.4 is 10.6 Å². The highest BCUT2D eigenvalue weighted by molar-refractivity contribution is 7.98. The van der Waals surface area contributed by atoms with E-state index < -0.39 is 0 Å². The first kappa shape index (κ1) is 19.1. The molecule has 0 radical (unpaired) electrons. The molecule has 132 valence electrons. The van der Waals surface area contributed by atoms with Crippen molar-refractivity contribution in [3.63, 3.8) is 0 Å². The number of nitrogens with one attached hydrogen (secondary N) is 2. The van der Waals surface area contributed by atoms with Gasteiger partial charge in [0.05, 0.1) is 12.5 Å². The minimum Gasteiger partial charge on any atom is -0.355 e. The molecule has 0 spiro atoms. The van der Waals surface area contributed by atoms with Gasteiger partial charge in [-0.3, -0.25) is 9.59 Å². The maximum Gasteiger partial charge on any atom is 0.222 e. The fourth-order valence-electron chi connectivity index (χ4n) is 2.47. The molecule has 0 bridgehead atoms. The number of thioether (sulfide) groups is 1. The number of amides is 2. The molecule has 0 fully saturated rings. The summed E-state index contributed by atoms with van der Waals surface area (Å²) in [5.74, 6) is 1.61. The van der Waals surface area contributed by atoms with Crippen molar-refractivity contribution in [2.45, 2.75) is 25.1 Å². The molecule has 0 aromatic heterocycles. The van der Waals surface area contributed by atoms with Crippen LogP contribution in [0.25, 0.3) is 0 Å². The van der Waals surface area contributed by atoms with E-state index >= 15 is 0 Å². The van der Waals surface area contributed by atoms with Gasteiger partial charge in [-0.1, -0.05) is 60.7 Å². The van der Waals surface area contributed by atoms with Gasteiger partial charge in [0, 0.05) is 25.0 Å². The van der Waals surface area contributed by atoms with Gasteiger partial charge in [-0.2, -0.15) is 11.8 Å². The van der Waals surface area contributed by atoms with E-state index in [1.807, 2.05) is 48.5 Å². The molecule has 5 heteroatoms. The van der Waals surface area contributed by atoms with Crippen LogP contribution in [0, 0.1) is 0 Å². The number of rotatable bonds is 9. The van der Waals surface area contributed by atoms with Crippen molar-refractivity contribution in [2.24, 2.45) is 0 Å². The molecule has 0 heterocycles. The average Bonchev–Trinajstić information content (AvgIpc) is 2.62. The Labute approximate surface area is 153 Å². The van der Waals surface area contributed by atoms with Crippen molar-refractivity contribution in [3.05, 3.63) is 71.8 Å². The van der Waals surface area contributed by atoms with E-state index in [0.29, 0.717) is 6.54 Å². The molecule has 4 nitrogen and oxygen atoms in total. The summed E-state index contributed by atoms with van der Waals surface area (Å²) in [4.78, 5) is 23.6. The van der Waals surface area contributed by atoms with Crippen molar-refractivity contribution >= 4 is 23.6 Å². The monoisotopic (exact) mass is 356 g/mol.